The molecular weight excluding hydrogens is 278 g/mol. The molecule has 2 heterocycles. The van der Waals surface area contributed by atoms with Crippen molar-refractivity contribution in [2.75, 3.05) is 19.6 Å². The van der Waals surface area contributed by atoms with Crippen LogP contribution in [0.5, 0.6) is 0 Å². The van der Waals surface area contributed by atoms with Gasteiger partial charge in [0.1, 0.15) is 11.5 Å². The maximum Gasteiger partial charge on any atom is 0.295 e. The molecule has 1 aliphatic rings. The zero-order valence-electron chi connectivity index (χ0n) is 12.4. The van der Waals surface area contributed by atoms with Crippen LogP contribution >= 0.6 is 0 Å². The fraction of sp³-hybridized carbons (Fsp3) is 0.294. The van der Waals surface area contributed by atoms with Crippen molar-refractivity contribution in [3.8, 4) is 11.3 Å². The summed E-state index contributed by atoms with van der Waals surface area (Å²) in [6, 6.07) is 13.6. The van der Waals surface area contributed by atoms with Gasteiger partial charge in [-0.3, -0.25) is 4.79 Å². The number of hydrogen-bond acceptors (Lipinski definition) is 3. The maximum absolute atomic E-state index is 11.7. The number of rotatable bonds is 5. The third-order valence-corrected chi connectivity index (χ3v) is 3.79. The van der Waals surface area contributed by atoms with Gasteiger partial charge in [-0.05, 0) is 12.1 Å². The average molecular weight is 298 g/mol. The first-order chi connectivity index (χ1) is 10.8. The summed E-state index contributed by atoms with van der Waals surface area (Å²) >= 11 is 0. The Hall–Kier alpha value is -2.40. The molecule has 3 rings (SSSR count). The van der Waals surface area contributed by atoms with Crippen LogP contribution in [0.2, 0.25) is 0 Å². The summed E-state index contributed by atoms with van der Waals surface area (Å²) in [6.07, 6.45) is 3.95. The van der Waals surface area contributed by atoms with Gasteiger partial charge < -0.3 is 9.32 Å². The minimum Gasteiger partial charge on any atom is -0.455 e. The highest BCUT2D eigenvalue weighted by Gasteiger charge is 2.18. The Bertz CT molecular complexity index is 643. The van der Waals surface area contributed by atoms with E-state index in [4.69, 9.17) is 4.42 Å². The van der Waals surface area contributed by atoms with Crippen molar-refractivity contribution in [1.82, 2.24) is 5.43 Å². The van der Waals surface area contributed by atoms with Crippen LogP contribution in [-0.4, -0.2) is 31.8 Å². The van der Waals surface area contributed by atoms with Crippen LogP contribution < -0.4 is 10.3 Å². The van der Waals surface area contributed by atoms with E-state index >= 15 is 0 Å². The van der Waals surface area contributed by atoms with Gasteiger partial charge in [0.25, 0.3) is 5.91 Å². The Balaban J connectivity index is 1.52. The number of carbonyl (C=O) groups is 1. The molecule has 5 heteroatoms. The van der Waals surface area contributed by atoms with E-state index in [1.165, 1.54) is 24.0 Å². The van der Waals surface area contributed by atoms with Crippen LogP contribution in [0.25, 0.3) is 11.3 Å². The van der Waals surface area contributed by atoms with Crippen LogP contribution in [0.4, 0.5) is 0 Å². The molecule has 5 nitrogen and oxygen atoms in total. The summed E-state index contributed by atoms with van der Waals surface area (Å²) in [7, 11) is 0. The predicted octanol–water partition coefficient (Wildman–Crippen LogP) is 1.08. The maximum atomic E-state index is 11.7. The zero-order valence-corrected chi connectivity index (χ0v) is 12.4. The smallest absolute Gasteiger partial charge is 0.295 e. The lowest BCUT2D eigenvalue weighted by Crippen LogP contribution is -3.11. The van der Waals surface area contributed by atoms with Crippen molar-refractivity contribution in [3.63, 3.8) is 0 Å². The molecule has 0 atom stereocenters. The molecule has 0 unspecified atom stereocenters. The van der Waals surface area contributed by atoms with E-state index in [9.17, 15) is 4.79 Å². The second-order valence-corrected chi connectivity index (χ2v) is 5.50. The van der Waals surface area contributed by atoms with E-state index in [0.29, 0.717) is 12.3 Å². The molecule has 0 saturated carbocycles. The zero-order chi connectivity index (χ0) is 15.2. The van der Waals surface area contributed by atoms with E-state index in [1.807, 2.05) is 42.5 Å². The molecule has 2 aromatic rings. The van der Waals surface area contributed by atoms with Crippen LogP contribution in [0.1, 0.15) is 18.6 Å². The minimum absolute atomic E-state index is 0.0528. The number of benzene rings is 1. The number of hydrazone groups is 1. The summed E-state index contributed by atoms with van der Waals surface area (Å²) in [5, 5.41) is 3.96. The fourth-order valence-corrected chi connectivity index (χ4v) is 2.67. The number of carbonyl (C=O) groups excluding carboxylic acids is 1. The monoisotopic (exact) mass is 298 g/mol. The van der Waals surface area contributed by atoms with Crippen LogP contribution in [0, 0.1) is 0 Å². The Labute approximate surface area is 129 Å². The number of amides is 1. The number of hydrogen-bond donors (Lipinski definition) is 2. The van der Waals surface area contributed by atoms with Gasteiger partial charge in [0.05, 0.1) is 19.3 Å². The van der Waals surface area contributed by atoms with Crippen molar-refractivity contribution < 1.29 is 14.1 Å². The Kier molecular flexibility index (Phi) is 4.65. The summed E-state index contributed by atoms with van der Waals surface area (Å²) < 4.78 is 5.68. The molecule has 1 amide bonds. The van der Waals surface area contributed by atoms with E-state index in [2.05, 4.69) is 10.5 Å². The second kappa shape index (κ2) is 7.04. The lowest BCUT2D eigenvalue weighted by Gasteiger charge is -2.09. The highest BCUT2D eigenvalue weighted by atomic mass is 16.3. The predicted molar refractivity (Wildman–Crippen MR) is 84.7 cm³/mol. The topological polar surface area (TPSA) is 59.0 Å². The van der Waals surface area contributed by atoms with Crippen molar-refractivity contribution in [3.05, 3.63) is 48.2 Å². The summed E-state index contributed by atoms with van der Waals surface area (Å²) in [4.78, 5) is 13.1. The molecule has 0 bridgehead atoms. The van der Waals surface area contributed by atoms with Gasteiger partial charge >= 0.3 is 0 Å². The molecule has 1 aliphatic heterocycles. The molecule has 2 N–H and O–H groups in total. The van der Waals surface area contributed by atoms with Crippen LogP contribution in [-0.2, 0) is 4.79 Å². The first-order valence-corrected chi connectivity index (χ1v) is 7.62. The molecule has 0 aliphatic carbocycles. The normalized spacial score (nSPS) is 15.5. The van der Waals surface area contributed by atoms with E-state index in [1.54, 1.807) is 0 Å². The molecule has 22 heavy (non-hydrogen) atoms. The highest BCUT2D eigenvalue weighted by molar-refractivity contribution is 5.81. The third kappa shape index (κ3) is 3.83. The molecule has 1 aromatic carbocycles. The molecule has 1 aromatic heterocycles. The quantitative estimate of drug-likeness (QED) is 0.641. The third-order valence-electron chi connectivity index (χ3n) is 3.79. The Morgan fingerprint density at radius 3 is 2.73 bits per heavy atom. The standard InChI is InChI=1S/C17H19N3O2/c21-17(13-20-10-4-5-11-20)19-18-12-15-8-9-16(22-15)14-6-2-1-3-7-14/h1-3,6-9,12H,4-5,10-11,13H2,(H,19,21)/p+1/b18-12-. The van der Waals surface area contributed by atoms with Gasteiger partial charge in [-0.1, -0.05) is 30.3 Å². The molecule has 1 fully saturated rings. The average Bonchev–Trinajstić information content (AvgIpc) is 3.20. The lowest BCUT2D eigenvalue weighted by atomic mass is 10.2. The molecule has 114 valence electrons. The number of furan rings is 1. The Morgan fingerprint density at radius 1 is 1.18 bits per heavy atom. The summed E-state index contributed by atoms with van der Waals surface area (Å²) in [5.74, 6) is 1.35. The number of quaternary nitrogens is 1. The van der Waals surface area contributed by atoms with Gasteiger partial charge in [-0.2, -0.15) is 5.10 Å². The van der Waals surface area contributed by atoms with E-state index in [-0.39, 0.29) is 5.91 Å². The van der Waals surface area contributed by atoms with Gasteiger partial charge in [0.15, 0.2) is 6.54 Å². The Morgan fingerprint density at radius 2 is 1.95 bits per heavy atom. The van der Waals surface area contributed by atoms with Crippen molar-refractivity contribution in [1.29, 1.82) is 0 Å². The van der Waals surface area contributed by atoms with Gasteiger partial charge in [-0.25, -0.2) is 5.43 Å². The molecule has 0 spiro atoms. The van der Waals surface area contributed by atoms with Crippen molar-refractivity contribution in [2.45, 2.75) is 12.8 Å². The second-order valence-electron chi connectivity index (χ2n) is 5.50. The number of nitrogens with one attached hydrogen (secondary N) is 2. The van der Waals surface area contributed by atoms with Crippen LogP contribution in [0.3, 0.4) is 0 Å². The summed E-state index contributed by atoms with van der Waals surface area (Å²) in [6.45, 7) is 2.65. The van der Waals surface area contributed by atoms with Gasteiger partial charge in [0.2, 0.25) is 0 Å². The van der Waals surface area contributed by atoms with Crippen molar-refractivity contribution >= 4 is 12.1 Å². The highest BCUT2D eigenvalue weighted by Crippen LogP contribution is 2.20. The fourth-order valence-electron chi connectivity index (χ4n) is 2.67. The number of likely N-dealkylation sites (tertiary alicyclic amines) is 1. The SMILES string of the molecule is O=C(C[NH+]1CCCC1)N/N=C\c1ccc(-c2ccccc2)o1. The lowest BCUT2D eigenvalue weighted by molar-refractivity contribution is -0.879. The van der Waals surface area contributed by atoms with E-state index in [0.717, 1.165) is 24.4 Å². The van der Waals surface area contributed by atoms with Crippen LogP contribution in [0.15, 0.2) is 52.0 Å². The van der Waals surface area contributed by atoms with Gasteiger partial charge in [0, 0.05) is 18.4 Å². The molecule has 1 saturated heterocycles. The molecular formula is C17H20N3O2+. The largest absolute Gasteiger partial charge is 0.455 e. The minimum atomic E-state index is -0.0528. The number of nitrogens with zero attached hydrogens (tertiary/aromatic N) is 1. The summed E-state index contributed by atoms with van der Waals surface area (Å²) in [5.41, 5.74) is 3.57. The van der Waals surface area contributed by atoms with E-state index < -0.39 is 0 Å². The first kappa shape index (κ1) is 14.5. The first-order valence-electron chi connectivity index (χ1n) is 7.62. The molecule has 0 radical (unpaired) electrons. The van der Waals surface area contributed by atoms with Crippen molar-refractivity contribution in [2.24, 2.45) is 5.10 Å². The van der Waals surface area contributed by atoms with Gasteiger partial charge in [-0.15, -0.1) is 0 Å².